The zero-order valence-corrected chi connectivity index (χ0v) is 10.8. The van der Waals surface area contributed by atoms with Crippen molar-refractivity contribution in [1.82, 2.24) is 9.97 Å². The third-order valence-electron chi connectivity index (χ3n) is 2.93. The molecule has 1 aromatic carbocycles. The van der Waals surface area contributed by atoms with Gasteiger partial charge >= 0.3 is 0 Å². The van der Waals surface area contributed by atoms with Gasteiger partial charge in [0.2, 0.25) is 0 Å². The molecule has 0 spiro atoms. The highest BCUT2D eigenvalue weighted by molar-refractivity contribution is 5.88. The summed E-state index contributed by atoms with van der Waals surface area (Å²) >= 11 is 0. The molecule has 0 aliphatic heterocycles. The highest BCUT2D eigenvalue weighted by Crippen LogP contribution is 2.22. The van der Waals surface area contributed by atoms with Crippen LogP contribution in [0.3, 0.4) is 0 Å². The van der Waals surface area contributed by atoms with Gasteiger partial charge < -0.3 is 21.1 Å². The Bertz CT molecular complexity index is 622. The summed E-state index contributed by atoms with van der Waals surface area (Å²) in [6.45, 7) is 2.48. The van der Waals surface area contributed by atoms with Gasteiger partial charge in [0.15, 0.2) is 0 Å². The summed E-state index contributed by atoms with van der Waals surface area (Å²) < 4.78 is 0. The van der Waals surface area contributed by atoms with E-state index in [1.165, 1.54) is 6.33 Å². The third kappa shape index (κ3) is 3.23. The van der Waals surface area contributed by atoms with Gasteiger partial charge in [-0.25, -0.2) is 4.98 Å². The highest BCUT2D eigenvalue weighted by atomic mass is 16.3. The highest BCUT2D eigenvalue weighted by Gasteiger charge is 2.05. The van der Waals surface area contributed by atoms with Crippen molar-refractivity contribution in [3.8, 4) is 0 Å². The molecule has 0 radical (unpaired) electrons. The number of rotatable bonds is 5. The van der Waals surface area contributed by atoms with Gasteiger partial charge in [0.25, 0.3) is 5.56 Å². The first-order valence-corrected chi connectivity index (χ1v) is 6.27. The summed E-state index contributed by atoms with van der Waals surface area (Å²) in [6.07, 6.45) is 2.66. The molecule has 1 aromatic heterocycles. The Morgan fingerprint density at radius 1 is 1.53 bits per heavy atom. The molecular formula is C13H18N4O2. The average molecular weight is 262 g/mol. The molecule has 2 rings (SSSR count). The molecule has 0 aliphatic rings. The number of nitrogen functional groups attached to an aromatic ring is 1. The molecule has 0 aliphatic carbocycles. The fourth-order valence-electron chi connectivity index (χ4n) is 1.91. The largest absolute Gasteiger partial charge is 0.397 e. The minimum absolute atomic E-state index is 0.197. The van der Waals surface area contributed by atoms with E-state index in [2.05, 4.69) is 15.3 Å². The molecule has 0 amide bonds. The Kier molecular flexibility index (Phi) is 4.01. The maximum atomic E-state index is 11.6. The van der Waals surface area contributed by atoms with Crippen molar-refractivity contribution in [2.24, 2.45) is 0 Å². The van der Waals surface area contributed by atoms with Gasteiger partial charge in [0.05, 0.1) is 34.7 Å². The second kappa shape index (κ2) is 5.71. The van der Waals surface area contributed by atoms with Crippen LogP contribution in [0, 0.1) is 0 Å². The fraction of sp³-hybridized carbons (Fsp3) is 0.385. The summed E-state index contributed by atoms with van der Waals surface area (Å²) in [5.41, 5.74) is 7.59. The van der Waals surface area contributed by atoms with E-state index >= 15 is 0 Å². The molecule has 1 unspecified atom stereocenters. The molecule has 6 heteroatoms. The Balaban J connectivity index is 2.15. The number of nitrogens with one attached hydrogen (secondary N) is 2. The fourth-order valence-corrected chi connectivity index (χ4v) is 1.91. The maximum Gasteiger partial charge on any atom is 0.258 e. The summed E-state index contributed by atoms with van der Waals surface area (Å²) in [6, 6.07) is 3.39. The van der Waals surface area contributed by atoms with Crippen molar-refractivity contribution < 1.29 is 5.11 Å². The summed E-state index contributed by atoms with van der Waals surface area (Å²) in [5.74, 6) is 0. The topological polar surface area (TPSA) is 104 Å². The minimum atomic E-state index is -0.295. The lowest BCUT2D eigenvalue weighted by Gasteiger charge is -2.10. The molecule has 2 aromatic rings. The molecule has 5 N–H and O–H groups in total. The number of nitrogens with two attached hydrogens (primary N) is 1. The summed E-state index contributed by atoms with van der Waals surface area (Å²) in [5, 5.41) is 12.8. The van der Waals surface area contributed by atoms with Gasteiger partial charge in [-0.1, -0.05) is 0 Å². The first-order valence-electron chi connectivity index (χ1n) is 6.27. The molecular weight excluding hydrogens is 244 g/mol. The van der Waals surface area contributed by atoms with Crippen LogP contribution in [0.15, 0.2) is 23.3 Å². The van der Waals surface area contributed by atoms with Gasteiger partial charge in [-0.2, -0.15) is 0 Å². The van der Waals surface area contributed by atoms with E-state index in [-0.39, 0.29) is 11.7 Å². The third-order valence-corrected chi connectivity index (χ3v) is 2.93. The number of anilines is 2. The predicted octanol–water partition coefficient (Wildman–Crippen LogP) is 1.08. The smallest absolute Gasteiger partial charge is 0.258 e. The molecule has 1 atom stereocenters. The lowest BCUT2D eigenvalue weighted by atomic mass is 10.1. The number of aliphatic hydroxyl groups excluding tert-OH is 1. The monoisotopic (exact) mass is 262 g/mol. The lowest BCUT2D eigenvalue weighted by molar-refractivity contribution is 0.183. The van der Waals surface area contributed by atoms with Crippen molar-refractivity contribution in [2.45, 2.75) is 25.9 Å². The number of aromatic nitrogens is 2. The van der Waals surface area contributed by atoms with E-state index in [0.29, 0.717) is 23.1 Å². The number of fused-ring (bicyclic) bond motifs is 1. The first-order chi connectivity index (χ1) is 9.08. The van der Waals surface area contributed by atoms with Crippen LogP contribution in [-0.4, -0.2) is 27.7 Å². The molecule has 0 saturated heterocycles. The Morgan fingerprint density at radius 2 is 2.32 bits per heavy atom. The molecule has 1 heterocycles. The second-order valence-electron chi connectivity index (χ2n) is 4.61. The normalized spacial score (nSPS) is 12.5. The van der Waals surface area contributed by atoms with Crippen LogP contribution in [0.1, 0.15) is 19.8 Å². The Morgan fingerprint density at radius 3 is 3.05 bits per heavy atom. The van der Waals surface area contributed by atoms with Gasteiger partial charge in [0, 0.05) is 6.54 Å². The number of aliphatic hydroxyl groups is 1. The molecule has 0 bridgehead atoms. The number of aromatic amines is 1. The van der Waals surface area contributed by atoms with E-state index in [1.807, 2.05) is 0 Å². The molecule has 19 heavy (non-hydrogen) atoms. The van der Waals surface area contributed by atoms with Crippen molar-refractivity contribution in [2.75, 3.05) is 17.6 Å². The van der Waals surface area contributed by atoms with Crippen LogP contribution in [0.25, 0.3) is 10.9 Å². The van der Waals surface area contributed by atoms with Crippen LogP contribution < -0.4 is 16.6 Å². The quantitative estimate of drug-likeness (QED) is 0.477. The van der Waals surface area contributed by atoms with Crippen LogP contribution in [-0.2, 0) is 0 Å². The zero-order valence-electron chi connectivity index (χ0n) is 10.8. The minimum Gasteiger partial charge on any atom is -0.397 e. The molecule has 0 fully saturated rings. The standard InChI is InChI=1S/C13H18N4O2/c1-8(18)3-2-4-15-12-6-11-9(5-10(12)14)13(19)17-7-16-11/h5-8,15,18H,2-4,14H2,1H3,(H,16,17,19). The van der Waals surface area contributed by atoms with Crippen molar-refractivity contribution in [1.29, 1.82) is 0 Å². The Labute approximate surface area is 110 Å². The SMILES string of the molecule is CC(O)CCCNc1cc2nc[nH]c(=O)c2cc1N. The zero-order chi connectivity index (χ0) is 13.8. The van der Waals surface area contributed by atoms with Crippen molar-refractivity contribution in [3.63, 3.8) is 0 Å². The van der Waals surface area contributed by atoms with E-state index in [4.69, 9.17) is 5.73 Å². The molecule has 102 valence electrons. The van der Waals surface area contributed by atoms with Crippen LogP contribution in [0.4, 0.5) is 11.4 Å². The van der Waals surface area contributed by atoms with Gasteiger partial charge in [0.1, 0.15) is 0 Å². The van der Waals surface area contributed by atoms with E-state index in [0.717, 1.165) is 18.5 Å². The Hall–Kier alpha value is -2.08. The van der Waals surface area contributed by atoms with E-state index < -0.39 is 0 Å². The van der Waals surface area contributed by atoms with Gasteiger partial charge in [-0.3, -0.25) is 4.79 Å². The van der Waals surface area contributed by atoms with Crippen molar-refractivity contribution >= 4 is 22.3 Å². The van der Waals surface area contributed by atoms with Crippen LogP contribution in [0.2, 0.25) is 0 Å². The second-order valence-corrected chi connectivity index (χ2v) is 4.61. The van der Waals surface area contributed by atoms with E-state index in [9.17, 15) is 9.90 Å². The lowest BCUT2D eigenvalue weighted by Crippen LogP contribution is -2.10. The molecule has 0 saturated carbocycles. The number of H-pyrrole nitrogens is 1. The van der Waals surface area contributed by atoms with Gasteiger partial charge in [-0.15, -0.1) is 0 Å². The van der Waals surface area contributed by atoms with E-state index in [1.54, 1.807) is 19.1 Å². The van der Waals surface area contributed by atoms with Crippen LogP contribution in [0.5, 0.6) is 0 Å². The van der Waals surface area contributed by atoms with Crippen molar-refractivity contribution in [3.05, 3.63) is 28.8 Å². The average Bonchev–Trinajstić information content (AvgIpc) is 2.36. The summed E-state index contributed by atoms with van der Waals surface area (Å²) in [4.78, 5) is 18.2. The number of hydrogen-bond acceptors (Lipinski definition) is 5. The summed E-state index contributed by atoms with van der Waals surface area (Å²) in [7, 11) is 0. The van der Waals surface area contributed by atoms with Crippen LogP contribution >= 0.6 is 0 Å². The number of hydrogen-bond donors (Lipinski definition) is 4. The first kappa shape index (κ1) is 13.4. The predicted molar refractivity (Wildman–Crippen MR) is 76.2 cm³/mol. The molecule has 6 nitrogen and oxygen atoms in total. The van der Waals surface area contributed by atoms with Gasteiger partial charge in [-0.05, 0) is 31.9 Å². The number of nitrogens with zero attached hydrogens (tertiary/aromatic N) is 1. The maximum absolute atomic E-state index is 11.6. The number of benzene rings is 1.